The van der Waals surface area contributed by atoms with Gasteiger partial charge in [-0.25, -0.2) is 0 Å². The van der Waals surface area contributed by atoms with Crippen LogP contribution < -0.4 is 4.74 Å². The summed E-state index contributed by atoms with van der Waals surface area (Å²) in [5.74, 6) is -0.487. The smallest absolute Gasteiger partial charge is 0.406 e. The van der Waals surface area contributed by atoms with E-state index in [2.05, 4.69) is 16.6 Å². The molecule has 1 aliphatic heterocycles. The Morgan fingerprint density at radius 1 is 1.14 bits per heavy atom. The Morgan fingerprint density at radius 2 is 1.71 bits per heavy atom. The van der Waals surface area contributed by atoms with Gasteiger partial charge in [0.25, 0.3) is 5.91 Å². The molecule has 7 heteroatoms. The van der Waals surface area contributed by atoms with Gasteiger partial charge in [-0.05, 0) is 30.8 Å². The van der Waals surface area contributed by atoms with Gasteiger partial charge in [0.05, 0.1) is 0 Å². The number of piperazine rings is 1. The number of hydrogen-bond donors (Lipinski definition) is 0. The molecule has 0 atom stereocenters. The molecule has 0 saturated carbocycles. The topological polar surface area (TPSA) is 32.8 Å². The molecule has 1 aromatic rings. The fraction of sp³-hybridized carbons (Fsp3) is 0.500. The van der Waals surface area contributed by atoms with Crippen molar-refractivity contribution in [2.75, 3.05) is 32.7 Å². The van der Waals surface area contributed by atoms with Crippen LogP contribution in [0, 0.1) is 0 Å². The maximum Gasteiger partial charge on any atom is 0.573 e. The number of rotatable bonds is 3. The minimum Gasteiger partial charge on any atom is -0.406 e. The summed E-state index contributed by atoms with van der Waals surface area (Å²) in [7, 11) is 0. The molecule has 1 heterocycles. The second-order valence-corrected chi connectivity index (χ2v) is 4.80. The van der Waals surface area contributed by atoms with Crippen LogP contribution in [0.4, 0.5) is 13.2 Å². The van der Waals surface area contributed by atoms with Gasteiger partial charge in [-0.3, -0.25) is 4.79 Å². The molecule has 0 bridgehead atoms. The first kappa shape index (κ1) is 15.6. The van der Waals surface area contributed by atoms with Gasteiger partial charge in [-0.1, -0.05) is 6.92 Å². The van der Waals surface area contributed by atoms with Crippen LogP contribution in [0.15, 0.2) is 24.3 Å². The van der Waals surface area contributed by atoms with Crippen LogP contribution in [0.2, 0.25) is 0 Å². The zero-order valence-electron chi connectivity index (χ0n) is 11.7. The Kier molecular flexibility index (Phi) is 4.72. The van der Waals surface area contributed by atoms with Crippen LogP contribution in [0.1, 0.15) is 17.3 Å². The Labute approximate surface area is 121 Å². The van der Waals surface area contributed by atoms with Crippen molar-refractivity contribution in [2.24, 2.45) is 0 Å². The van der Waals surface area contributed by atoms with Crippen molar-refractivity contribution in [2.45, 2.75) is 13.3 Å². The summed E-state index contributed by atoms with van der Waals surface area (Å²) in [6.07, 6.45) is -4.72. The first-order chi connectivity index (χ1) is 9.89. The van der Waals surface area contributed by atoms with Gasteiger partial charge < -0.3 is 14.5 Å². The van der Waals surface area contributed by atoms with Crippen molar-refractivity contribution in [3.05, 3.63) is 29.8 Å². The number of hydrogen-bond acceptors (Lipinski definition) is 3. The molecule has 116 valence electrons. The third-order valence-electron chi connectivity index (χ3n) is 3.44. The SMILES string of the molecule is CCN1CCN(C(=O)c2ccc(OC(F)(F)F)cc2)CC1. The number of carbonyl (C=O) groups is 1. The van der Waals surface area contributed by atoms with Crippen molar-refractivity contribution in [1.29, 1.82) is 0 Å². The van der Waals surface area contributed by atoms with E-state index in [-0.39, 0.29) is 11.7 Å². The molecule has 0 radical (unpaired) electrons. The van der Waals surface area contributed by atoms with E-state index in [1.54, 1.807) is 4.90 Å². The number of alkyl halides is 3. The van der Waals surface area contributed by atoms with Crippen molar-refractivity contribution < 1.29 is 22.7 Å². The lowest BCUT2D eigenvalue weighted by Gasteiger charge is -2.34. The Hall–Kier alpha value is -1.76. The molecule has 1 amide bonds. The molecule has 0 N–H and O–H groups in total. The number of likely N-dealkylation sites (N-methyl/N-ethyl adjacent to an activating group) is 1. The molecule has 0 aliphatic carbocycles. The summed E-state index contributed by atoms with van der Waals surface area (Å²) in [6.45, 7) is 5.92. The predicted octanol–water partition coefficient (Wildman–Crippen LogP) is 2.36. The van der Waals surface area contributed by atoms with Crippen LogP contribution in [-0.2, 0) is 0 Å². The van der Waals surface area contributed by atoms with Crippen LogP contribution in [0.3, 0.4) is 0 Å². The predicted molar refractivity (Wildman–Crippen MR) is 71.1 cm³/mol. The van der Waals surface area contributed by atoms with E-state index in [0.29, 0.717) is 18.7 Å². The summed E-state index contributed by atoms with van der Waals surface area (Å²) in [6, 6.07) is 5.03. The highest BCUT2D eigenvalue weighted by Crippen LogP contribution is 2.23. The average Bonchev–Trinajstić information content (AvgIpc) is 2.46. The Balaban J connectivity index is 1.97. The van der Waals surface area contributed by atoms with E-state index < -0.39 is 6.36 Å². The Bertz CT molecular complexity index is 480. The molecular formula is C14H17F3N2O2. The number of carbonyl (C=O) groups excluding carboxylic acids is 1. The van der Waals surface area contributed by atoms with Crippen LogP contribution in [-0.4, -0.2) is 54.8 Å². The van der Waals surface area contributed by atoms with E-state index in [1.165, 1.54) is 12.1 Å². The fourth-order valence-electron chi connectivity index (χ4n) is 2.25. The van der Waals surface area contributed by atoms with Crippen molar-refractivity contribution in [1.82, 2.24) is 9.80 Å². The zero-order chi connectivity index (χ0) is 15.5. The Morgan fingerprint density at radius 3 is 2.19 bits per heavy atom. The van der Waals surface area contributed by atoms with Crippen molar-refractivity contribution in [3.63, 3.8) is 0 Å². The number of benzene rings is 1. The number of halogens is 3. The lowest BCUT2D eigenvalue weighted by Crippen LogP contribution is -2.48. The van der Waals surface area contributed by atoms with Crippen LogP contribution >= 0.6 is 0 Å². The largest absolute Gasteiger partial charge is 0.573 e. The quantitative estimate of drug-likeness (QED) is 0.859. The van der Waals surface area contributed by atoms with Crippen LogP contribution in [0.5, 0.6) is 5.75 Å². The lowest BCUT2D eigenvalue weighted by atomic mass is 10.1. The van der Waals surface area contributed by atoms with E-state index >= 15 is 0 Å². The van der Waals surface area contributed by atoms with Gasteiger partial charge >= 0.3 is 6.36 Å². The summed E-state index contributed by atoms with van der Waals surface area (Å²) in [4.78, 5) is 16.2. The molecule has 0 spiro atoms. The minimum atomic E-state index is -4.72. The first-order valence-corrected chi connectivity index (χ1v) is 6.76. The van der Waals surface area contributed by atoms with E-state index in [0.717, 1.165) is 31.8 Å². The highest BCUT2D eigenvalue weighted by Gasteiger charge is 2.31. The maximum atomic E-state index is 12.2. The van der Waals surface area contributed by atoms with Gasteiger partial charge in [0, 0.05) is 31.7 Å². The van der Waals surface area contributed by atoms with E-state index in [9.17, 15) is 18.0 Å². The minimum absolute atomic E-state index is 0.163. The van der Waals surface area contributed by atoms with E-state index in [4.69, 9.17) is 0 Å². The highest BCUT2D eigenvalue weighted by atomic mass is 19.4. The van der Waals surface area contributed by atoms with Gasteiger partial charge in [-0.2, -0.15) is 0 Å². The standard InChI is InChI=1S/C14H17F3N2O2/c1-2-18-7-9-19(10-8-18)13(20)11-3-5-12(6-4-11)21-14(15,16)17/h3-6H,2,7-10H2,1H3. The highest BCUT2D eigenvalue weighted by molar-refractivity contribution is 5.94. The molecule has 21 heavy (non-hydrogen) atoms. The maximum absolute atomic E-state index is 12.2. The first-order valence-electron chi connectivity index (χ1n) is 6.76. The summed E-state index contributed by atoms with van der Waals surface area (Å²) < 4.78 is 40.0. The zero-order valence-corrected chi connectivity index (χ0v) is 11.7. The second kappa shape index (κ2) is 6.34. The molecule has 0 unspecified atom stereocenters. The molecule has 4 nitrogen and oxygen atoms in total. The number of amides is 1. The van der Waals surface area contributed by atoms with Crippen molar-refractivity contribution in [3.8, 4) is 5.75 Å². The van der Waals surface area contributed by atoms with Gasteiger partial charge in [-0.15, -0.1) is 13.2 Å². The molecular weight excluding hydrogens is 285 g/mol. The molecule has 2 rings (SSSR count). The summed E-state index contributed by atoms with van der Waals surface area (Å²) in [5, 5.41) is 0. The normalized spacial score (nSPS) is 16.9. The molecule has 1 aliphatic rings. The average molecular weight is 302 g/mol. The van der Waals surface area contributed by atoms with Gasteiger partial charge in [0.2, 0.25) is 0 Å². The molecule has 0 aromatic heterocycles. The fourth-order valence-corrected chi connectivity index (χ4v) is 2.25. The van der Waals surface area contributed by atoms with Crippen molar-refractivity contribution >= 4 is 5.91 Å². The van der Waals surface area contributed by atoms with E-state index in [1.807, 2.05) is 0 Å². The number of ether oxygens (including phenoxy) is 1. The van der Waals surface area contributed by atoms with Gasteiger partial charge in [0.15, 0.2) is 0 Å². The molecule has 1 saturated heterocycles. The number of nitrogens with zero attached hydrogens (tertiary/aromatic N) is 2. The summed E-state index contributed by atoms with van der Waals surface area (Å²) >= 11 is 0. The second-order valence-electron chi connectivity index (χ2n) is 4.80. The lowest BCUT2D eigenvalue weighted by molar-refractivity contribution is -0.274. The third kappa shape index (κ3) is 4.35. The summed E-state index contributed by atoms with van der Waals surface area (Å²) in [5.41, 5.74) is 0.370. The third-order valence-corrected chi connectivity index (χ3v) is 3.44. The van der Waals surface area contributed by atoms with Crippen LogP contribution in [0.25, 0.3) is 0 Å². The molecule has 1 aromatic carbocycles. The molecule has 1 fully saturated rings. The monoisotopic (exact) mass is 302 g/mol. The van der Waals surface area contributed by atoms with Gasteiger partial charge in [0.1, 0.15) is 5.75 Å².